The number of carbonyl (C=O) groups is 1. The third-order valence-corrected chi connectivity index (χ3v) is 4.77. The highest BCUT2D eigenvalue weighted by atomic mass is 35.5. The Hall–Kier alpha value is -3.64. The zero-order chi connectivity index (χ0) is 21.8. The predicted octanol–water partition coefficient (Wildman–Crippen LogP) is 5.41. The number of nitrogens with zero attached hydrogens (tertiary/aromatic N) is 1. The molecule has 156 valence electrons. The second-order valence-corrected chi connectivity index (χ2v) is 7.07. The molecular formula is C24H17ClFNO4. The summed E-state index contributed by atoms with van der Waals surface area (Å²) in [6, 6.07) is 18.2. The lowest BCUT2D eigenvalue weighted by Crippen LogP contribution is -2.07. The van der Waals surface area contributed by atoms with E-state index in [1.54, 1.807) is 48.5 Å². The van der Waals surface area contributed by atoms with Crippen LogP contribution in [-0.2, 0) is 16.1 Å². The summed E-state index contributed by atoms with van der Waals surface area (Å²) in [5.41, 5.74) is 2.07. The number of methoxy groups -OCH3 is 1. The van der Waals surface area contributed by atoms with E-state index in [2.05, 4.69) is 4.99 Å². The molecule has 0 fully saturated rings. The van der Waals surface area contributed by atoms with Gasteiger partial charge in [0.1, 0.15) is 23.9 Å². The molecule has 0 aliphatic carbocycles. The molecule has 0 aromatic heterocycles. The first-order valence-corrected chi connectivity index (χ1v) is 9.74. The zero-order valence-electron chi connectivity index (χ0n) is 16.5. The second-order valence-electron chi connectivity index (χ2n) is 6.63. The number of rotatable bonds is 6. The molecule has 1 aliphatic rings. The van der Waals surface area contributed by atoms with Gasteiger partial charge in [0.2, 0.25) is 5.90 Å². The maximum atomic E-state index is 13.1. The monoisotopic (exact) mass is 437 g/mol. The molecule has 0 N–H and O–H groups in total. The Morgan fingerprint density at radius 1 is 1.06 bits per heavy atom. The average Bonchev–Trinajstić information content (AvgIpc) is 3.14. The van der Waals surface area contributed by atoms with Gasteiger partial charge in [-0.3, -0.25) is 0 Å². The van der Waals surface area contributed by atoms with E-state index in [1.165, 1.54) is 19.2 Å². The predicted molar refractivity (Wildman–Crippen MR) is 116 cm³/mol. The molecule has 5 nitrogen and oxygen atoms in total. The molecule has 3 aromatic carbocycles. The summed E-state index contributed by atoms with van der Waals surface area (Å²) in [7, 11) is 1.51. The minimum Gasteiger partial charge on any atom is -0.496 e. The summed E-state index contributed by atoms with van der Waals surface area (Å²) in [5, 5.41) is 0.464. The molecule has 0 saturated carbocycles. The molecule has 0 radical (unpaired) electrons. The minimum absolute atomic E-state index is 0.111. The molecule has 0 unspecified atom stereocenters. The van der Waals surface area contributed by atoms with Gasteiger partial charge in [0.15, 0.2) is 5.70 Å². The first-order valence-electron chi connectivity index (χ1n) is 9.36. The van der Waals surface area contributed by atoms with Gasteiger partial charge in [-0.2, -0.15) is 0 Å². The molecule has 0 atom stereocenters. The van der Waals surface area contributed by atoms with Gasteiger partial charge in [0.25, 0.3) is 0 Å². The van der Waals surface area contributed by atoms with Gasteiger partial charge in [-0.15, -0.1) is 0 Å². The number of para-hydroxylation sites is 1. The van der Waals surface area contributed by atoms with Crippen molar-refractivity contribution in [3.05, 3.63) is 100.0 Å². The number of cyclic esters (lactones) is 1. The molecule has 0 spiro atoms. The molecule has 0 saturated heterocycles. The van der Waals surface area contributed by atoms with Crippen molar-refractivity contribution < 1.29 is 23.4 Å². The van der Waals surface area contributed by atoms with Crippen LogP contribution in [-0.4, -0.2) is 19.0 Å². The first-order chi connectivity index (χ1) is 15.0. The van der Waals surface area contributed by atoms with E-state index < -0.39 is 5.97 Å². The Morgan fingerprint density at radius 2 is 1.84 bits per heavy atom. The van der Waals surface area contributed by atoms with Gasteiger partial charge in [-0.25, -0.2) is 14.2 Å². The summed E-state index contributed by atoms with van der Waals surface area (Å²) in [5.74, 6) is 0.251. The number of ether oxygens (including phenoxy) is 3. The highest BCUT2D eigenvalue weighted by Gasteiger charge is 2.27. The normalized spacial score (nSPS) is 14.4. The molecule has 31 heavy (non-hydrogen) atoms. The van der Waals surface area contributed by atoms with E-state index in [0.29, 0.717) is 27.6 Å². The van der Waals surface area contributed by atoms with Gasteiger partial charge < -0.3 is 14.2 Å². The third-order valence-electron chi connectivity index (χ3n) is 4.53. The van der Waals surface area contributed by atoms with Crippen molar-refractivity contribution in [3.8, 4) is 11.5 Å². The molecule has 1 heterocycles. The number of benzene rings is 3. The molecule has 4 rings (SSSR count). The smallest absolute Gasteiger partial charge is 0.363 e. The first kappa shape index (κ1) is 20.6. The largest absolute Gasteiger partial charge is 0.496 e. The van der Waals surface area contributed by atoms with E-state index in [-0.39, 0.29) is 24.0 Å². The highest BCUT2D eigenvalue weighted by Crippen LogP contribution is 2.29. The van der Waals surface area contributed by atoms with Gasteiger partial charge in [0.05, 0.1) is 12.7 Å². The van der Waals surface area contributed by atoms with Crippen LogP contribution in [0.4, 0.5) is 4.39 Å². The van der Waals surface area contributed by atoms with Crippen molar-refractivity contribution >= 4 is 29.5 Å². The lowest BCUT2D eigenvalue weighted by molar-refractivity contribution is -0.129. The summed E-state index contributed by atoms with van der Waals surface area (Å²) in [4.78, 5) is 16.7. The fourth-order valence-corrected chi connectivity index (χ4v) is 3.16. The van der Waals surface area contributed by atoms with Gasteiger partial charge in [-0.05, 0) is 48.0 Å². The van der Waals surface area contributed by atoms with Crippen molar-refractivity contribution in [2.75, 3.05) is 7.11 Å². The number of hydrogen-bond acceptors (Lipinski definition) is 5. The van der Waals surface area contributed by atoms with E-state index in [1.807, 2.05) is 12.1 Å². The molecule has 0 amide bonds. The Balaban J connectivity index is 1.61. The van der Waals surface area contributed by atoms with Crippen LogP contribution in [0, 0.1) is 5.82 Å². The van der Waals surface area contributed by atoms with E-state index in [0.717, 1.165) is 5.56 Å². The lowest BCUT2D eigenvalue weighted by Gasteiger charge is -2.09. The maximum Gasteiger partial charge on any atom is 0.363 e. The Morgan fingerprint density at radius 3 is 2.61 bits per heavy atom. The van der Waals surface area contributed by atoms with E-state index in [4.69, 9.17) is 25.8 Å². The van der Waals surface area contributed by atoms with Crippen molar-refractivity contribution in [3.63, 3.8) is 0 Å². The molecule has 7 heteroatoms. The Labute approximate surface area is 183 Å². The van der Waals surface area contributed by atoms with Gasteiger partial charge >= 0.3 is 5.97 Å². The Kier molecular flexibility index (Phi) is 6.00. The molecule has 1 aliphatic heterocycles. The lowest BCUT2D eigenvalue weighted by atomic mass is 10.1. The maximum absolute atomic E-state index is 13.1. The zero-order valence-corrected chi connectivity index (χ0v) is 17.2. The van der Waals surface area contributed by atoms with Gasteiger partial charge in [0, 0.05) is 10.6 Å². The third kappa shape index (κ3) is 4.75. The number of aliphatic imine (C=N–C) groups is 1. The number of hydrogen-bond donors (Lipinski definition) is 0. The van der Waals surface area contributed by atoms with Crippen LogP contribution in [0.1, 0.15) is 16.7 Å². The van der Waals surface area contributed by atoms with E-state index in [9.17, 15) is 9.18 Å². The summed E-state index contributed by atoms with van der Waals surface area (Å²) >= 11 is 6.07. The second kappa shape index (κ2) is 9.02. The van der Waals surface area contributed by atoms with E-state index >= 15 is 0 Å². The number of carbonyl (C=O) groups excluding carboxylic acids is 1. The SMILES string of the molecule is COc1ccc(Cl)cc1C1=N/C(=C/c2ccccc2OCc2ccc(F)cc2)C(=O)O1. The van der Waals surface area contributed by atoms with Crippen molar-refractivity contribution in [2.45, 2.75) is 6.61 Å². The van der Waals surface area contributed by atoms with Crippen LogP contribution in [0.15, 0.2) is 77.4 Å². The summed E-state index contributed by atoms with van der Waals surface area (Å²) in [6.45, 7) is 0.249. The average molecular weight is 438 g/mol. The molecule has 3 aromatic rings. The number of halogens is 2. The van der Waals surface area contributed by atoms with Gasteiger partial charge in [-0.1, -0.05) is 41.9 Å². The molecule has 0 bridgehead atoms. The van der Waals surface area contributed by atoms with Crippen molar-refractivity contribution in [2.24, 2.45) is 4.99 Å². The minimum atomic E-state index is -0.592. The quantitative estimate of drug-likeness (QED) is 0.382. The van der Waals surface area contributed by atoms with Crippen LogP contribution in [0.25, 0.3) is 6.08 Å². The number of esters is 1. The fourth-order valence-electron chi connectivity index (χ4n) is 2.99. The summed E-state index contributed by atoms with van der Waals surface area (Å²) < 4.78 is 29.6. The van der Waals surface area contributed by atoms with Crippen LogP contribution >= 0.6 is 11.6 Å². The van der Waals surface area contributed by atoms with Crippen molar-refractivity contribution in [1.29, 1.82) is 0 Å². The van der Waals surface area contributed by atoms with Crippen LogP contribution in [0.3, 0.4) is 0 Å². The fraction of sp³-hybridized carbons (Fsp3) is 0.0833. The highest BCUT2D eigenvalue weighted by molar-refractivity contribution is 6.31. The van der Waals surface area contributed by atoms with Crippen molar-refractivity contribution in [1.82, 2.24) is 0 Å². The standard InChI is InChI=1S/C24H17ClFNO4/c1-29-22-11-8-17(25)13-19(22)23-27-20(24(28)31-23)12-16-4-2-3-5-21(16)30-14-15-6-9-18(26)10-7-15/h2-13H,14H2,1H3/b20-12+. The van der Waals surface area contributed by atoms with Crippen LogP contribution in [0.2, 0.25) is 5.02 Å². The molecular weight excluding hydrogens is 421 g/mol. The summed E-state index contributed by atoms with van der Waals surface area (Å²) in [6.07, 6.45) is 1.59. The topological polar surface area (TPSA) is 57.1 Å². The Bertz CT molecular complexity index is 1190. The van der Waals surface area contributed by atoms with Crippen LogP contribution in [0.5, 0.6) is 11.5 Å². The van der Waals surface area contributed by atoms with Crippen LogP contribution < -0.4 is 9.47 Å².